The minimum absolute atomic E-state index is 0.0318. The lowest BCUT2D eigenvalue weighted by Gasteiger charge is -2.09. The first kappa shape index (κ1) is 21.7. The Hall–Kier alpha value is -4.50. The number of hydrogen-bond acceptors (Lipinski definition) is 7. The summed E-state index contributed by atoms with van der Waals surface area (Å²) >= 11 is 6.01. The van der Waals surface area contributed by atoms with Crippen LogP contribution >= 0.6 is 11.6 Å². The van der Waals surface area contributed by atoms with Gasteiger partial charge in [0.05, 0.1) is 21.2 Å². The van der Waals surface area contributed by atoms with Gasteiger partial charge in [-0.3, -0.25) is 14.9 Å². The van der Waals surface area contributed by atoms with Crippen LogP contribution in [0.15, 0.2) is 77.4 Å². The number of esters is 1. The number of hydrogen-bond donors (Lipinski definition) is 2. The predicted octanol–water partition coefficient (Wildman–Crippen LogP) is 4.55. The van der Waals surface area contributed by atoms with Crippen molar-refractivity contribution in [1.82, 2.24) is 0 Å². The molecule has 0 spiro atoms. The number of ether oxygens (including phenoxy) is 1. The highest BCUT2D eigenvalue weighted by Gasteiger charge is 2.24. The van der Waals surface area contributed by atoms with Gasteiger partial charge >= 0.3 is 5.97 Å². The summed E-state index contributed by atoms with van der Waals surface area (Å²) in [5, 5.41) is 23.4. The number of nitrogens with zero attached hydrogens (tertiary/aromatic N) is 2. The highest BCUT2D eigenvalue weighted by atomic mass is 35.5. The van der Waals surface area contributed by atoms with E-state index < -0.39 is 16.8 Å². The maximum atomic E-state index is 12.7. The van der Waals surface area contributed by atoms with E-state index in [-0.39, 0.29) is 39.3 Å². The Kier molecular flexibility index (Phi) is 5.88. The maximum Gasteiger partial charge on any atom is 0.363 e. The molecular formula is C23H14ClN3O6. The molecule has 1 amide bonds. The van der Waals surface area contributed by atoms with Crippen LogP contribution in [-0.2, 0) is 9.53 Å². The number of phenols is 1. The third kappa shape index (κ3) is 4.73. The van der Waals surface area contributed by atoms with Crippen molar-refractivity contribution in [3.63, 3.8) is 0 Å². The van der Waals surface area contributed by atoms with Crippen LogP contribution < -0.4 is 5.32 Å². The monoisotopic (exact) mass is 463 g/mol. The summed E-state index contributed by atoms with van der Waals surface area (Å²) in [6, 6.07) is 16.6. The van der Waals surface area contributed by atoms with Crippen LogP contribution in [0.4, 0.5) is 11.4 Å². The standard InChI is InChI=1S/C23H14ClN3O6/c24-17-12-15(27(31)32)7-8-18(17)25-21(29)16-10-13(6-9-20(16)28)11-19-23(30)33-22(26-19)14-4-2-1-3-5-14/h1-12,28H,(H,25,29)/b19-11-. The Bertz CT molecular complexity index is 1350. The molecule has 3 aromatic rings. The van der Waals surface area contributed by atoms with Gasteiger partial charge in [-0.25, -0.2) is 9.79 Å². The molecule has 0 saturated carbocycles. The number of nitro benzene ring substituents is 1. The van der Waals surface area contributed by atoms with Gasteiger partial charge in [-0.2, -0.15) is 0 Å². The first-order valence-electron chi connectivity index (χ1n) is 9.48. The van der Waals surface area contributed by atoms with Crippen LogP contribution in [-0.4, -0.2) is 27.8 Å². The number of nitro groups is 1. The number of aliphatic imine (C=N–C) groups is 1. The van der Waals surface area contributed by atoms with Crippen molar-refractivity contribution in [3.8, 4) is 5.75 Å². The van der Waals surface area contributed by atoms with Crippen molar-refractivity contribution in [2.24, 2.45) is 4.99 Å². The van der Waals surface area contributed by atoms with Gasteiger partial charge < -0.3 is 15.2 Å². The van der Waals surface area contributed by atoms with Gasteiger partial charge in [0.15, 0.2) is 5.70 Å². The third-order valence-corrected chi connectivity index (χ3v) is 4.93. The third-order valence-electron chi connectivity index (χ3n) is 4.62. The molecule has 0 aliphatic carbocycles. The van der Waals surface area contributed by atoms with Crippen molar-refractivity contribution in [3.05, 3.63) is 104 Å². The number of amides is 1. The first-order chi connectivity index (χ1) is 15.8. The van der Waals surface area contributed by atoms with Gasteiger partial charge in [-0.15, -0.1) is 0 Å². The Morgan fingerprint density at radius 2 is 1.88 bits per heavy atom. The lowest BCUT2D eigenvalue weighted by atomic mass is 10.1. The van der Waals surface area contributed by atoms with Gasteiger partial charge in [0.25, 0.3) is 11.6 Å². The number of phenolic OH excluding ortho intramolecular Hbond substituents is 1. The van der Waals surface area contributed by atoms with E-state index in [4.69, 9.17) is 16.3 Å². The molecule has 4 rings (SSSR count). The van der Waals surface area contributed by atoms with Gasteiger partial charge in [0, 0.05) is 17.7 Å². The van der Waals surface area contributed by atoms with E-state index in [0.29, 0.717) is 11.1 Å². The Morgan fingerprint density at radius 3 is 2.58 bits per heavy atom. The van der Waals surface area contributed by atoms with Crippen LogP contribution in [0.5, 0.6) is 5.75 Å². The average molecular weight is 464 g/mol. The topological polar surface area (TPSA) is 131 Å². The van der Waals surface area contributed by atoms with Crippen LogP contribution in [0, 0.1) is 10.1 Å². The molecule has 0 saturated heterocycles. The Balaban J connectivity index is 1.59. The summed E-state index contributed by atoms with van der Waals surface area (Å²) in [5.41, 5.74) is 0.889. The lowest BCUT2D eigenvalue weighted by molar-refractivity contribution is -0.384. The van der Waals surface area contributed by atoms with E-state index in [0.717, 1.165) is 6.07 Å². The Labute approximate surface area is 191 Å². The number of aromatic hydroxyl groups is 1. The molecule has 0 atom stereocenters. The maximum absolute atomic E-state index is 12.7. The zero-order chi connectivity index (χ0) is 23.5. The molecule has 2 N–H and O–H groups in total. The molecule has 0 bridgehead atoms. The second-order valence-electron chi connectivity index (χ2n) is 6.85. The first-order valence-corrected chi connectivity index (χ1v) is 9.86. The van der Waals surface area contributed by atoms with Crippen molar-refractivity contribution in [2.75, 3.05) is 5.32 Å². The molecule has 3 aromatic carbocycles. The largest absolute Gasteiger partial charge is 0.507 e. The van der Waals surface area contributed by atoms with Crippen LogP contribution in [0.3, 0.4) is 0 Å². The molecule has 10 heteroatoms. The molecule has 1 aliphatic heterocycles. The SMILES string of the molecule is O=C1OC(c2ccccc2)=N/C1=C\c1ccc(O)c(C(=O)Nc2ccc([N+](=O)[O-])cc2Cl)c1. The summed E-state index contributed by atoms with van der Waals surface area (Å²) in [7, 11) is 0. The minimum atomic E-state index is -0.703. The smallest absolute Gasteiger partial charge is 0.363 e. The summed E-state index contributed by atoms with van der Waals surface area (Å²) in [6.07, 6.45) is 1.42. The molecule has 33 heavy (non-hydrogen) atoms. The van der Waals surface area contributed by atoms with Gasteiger partial charge in [-0.05, 0) is 42.0 Å². The number of rotatable bonds is 5. The van der Waals surface area contributed by atoms with Crippen LogP contribution in [0.2, 0.25) is 5.02 Å². The van der Waals surface area contributed by atoms with E-state index in [1.807, 2.05) is 6.07 Å². The quantitative estimate of drug-likeness (QED) is 0.247. The molecule has 164 valence electrons. The van der Waals surface area contributed by atoms with Crippen molar-refractivity contribution >= 4 is 46.8 Å². The number of carbonyl (C=O) groups is 2. The number of anilines is 1. The van der Waals surface area contributed by atoms with E-state index in [1.165, 1.54) is 36.4 Å². The fourth-order valence-corrected chi connectivity index (χ4v) is 3.23. The number of nitrogens with one attached hydrogen (secondary N) is 1. The normalized spacial score (nSPS) is 14.0. The zero-order valence-electron chi connectivity index (χ0n) is 16.7. The summed E-state index contributed by atoms with van der Waals surface area (Å²) < 4.78 is 5.20. The number of benzene rings is 3. The highest BCUT2D eigenvalue weighted by molar-refractivity contribution is 6.34. The van der Waals surface area contributed by atoms with Crippen molar-refractivity contribution < 1.29 is 24.4 Å². The fraction of sp³-hybridized carbons (Fsp3) is 0. The van der Waals surface area contributed by atoms with E-state index in [2.05, 4.69) is 10.3 Å². The van der Waals surface area contributed by atoms with E-state index in [1.54, 1.807) is 24.3 Å². The van der Waals surface area contributed by atoms with Crippen molar-refractivity contribution in [1.29, 1.82) is 0 Å². The molecule has 0 aromatic heterocycles. The number of non-ortho nitro benzene ring substituents is 1. The molecule has 0 unspecified atom stereocenters. The van der Waals surface area contributed by atoms with Crippen LogP contribution in [0.1, 0.15) is 21.5 Å². The molecule has 0 radical (unpaired) electrons. The second kappa shape index (κ2) is 8.93. The van der Waals surface area contributed by atoms with Gasteiger partial charge in [0.2, 0.25) is 5.90 Å². The number of cyclic esters (lactones) is 1. The van der Waals surface area contributed by atoms with Crippen LogP contribution in [0.25, 0.3) is 6.08 Å². The van der Waals surface area contributed by atoms with Gasteiger partial charge in [-0.1, -0.05) is 35.9 Å². The summed E-state index contributed by atoms with van der Waals surface area (Å²) in [6.45, 7) is 0. The fourth-order valence-electron chi connectivity index (χ4n) is 3.01. The molecule has 1 heterocycles. The second-order valence-corrected chi connectivity index (χ2v) is 7.26. The average Bonchev–Trinajstić information content (AvgIpc) is 3.17. The van der Waals surface area contributed by atoms with E-state index in [9.17, 15) is 24.8 Å². The van der Waals surface area contributed by atoms with Gasteiger partial charge in [0.1, 0.15) is 5.75 Å². The number of halogens is 1. The molecule has 9 nitrogen and oxygen atoms in total. The van der Waals surface area contributed by atoms with E-state index >= 15 is 0 Å². The Morgan fingerprint density at radius 1 is 1.12 bits per heavy atom. The predicted molar refractivity (Wildman–Crippen MR) is 121 cm³/mol. The highest BCUT2D eigenvalue weighted by Crippen LogP contribution is 2.29. The molecule has 0 fully saturated rings. The van der Waals surface area contributed by atoms with Crippen molar-refractivity contribution in [2.45, 2.75) is 0 Å². The summed E-state index contributed by atoms with van der Waals surface area (Å²) in [4.78, 5) is 39.3. The molecule has 1 aliphatic rings. The number of carbonyl (C=O) groups excluding carboxylic acids is 2. The lowest BCUT2D eigenvalue weighted by Crippen LogP contribution is -2.12. The summed E-state index contributed by atoms with van der Waals surface area (Å²) in [5.74, 6) is -1.50. The zero-order valence-corrected chi connectivity index (χ0v) is 17.4. The minimum Gasteiger partial charge on any atom is -0.507 e. The molecular weight excluding hydrogens is 450 g/mol.